The van der Waals surface area contributed by atoms with E-state index >= 15 is 0 Å². The number of fused-ring (bicyclic) bond motifs is 1. The highest BCUT2D eigenvalue weighted by Gasteiger charge is 2.28. The molecule has 6 heteroatoms. The Morgan fingerprint density at radius 1 is 1.27 bits per heavy atom. The first-order valence-electron chi connectivity index (χ1n) is 9.51. The van der Waals surface area contributed by atoms with E-state index in [1.165, 1.54) is 0 Å². The Morgan fingerprint density at radius 3 is 2.62 bits per heavy atom. The van der Waals surface area contributed by atoms with Gasteiger partial charge in [-0.3, -0.25) is 9.69 Å². The van der Waals surface area contributed by atoms with E-state index in [1.807, 2.05) is 24.3 Å². The second-order valence-corrected chi connectivity index (χ2v) is 7.65. The molecule has 2 aromatic rings. The molecule has 2 heterocycles. The minimum absolute atomic E-state index is 0.0581. The lowest BCUT2D eigenvalue weighted by molar-refractivity contribution is 0.00190. The van der Waals surface area contributed by atoms with Gasteiger partial charge >= 0.3 is 0 Å². The highest BCUT2D eigenvalue weighted by atomic mass is 79.9. The average Bonchev–Trinajstić information content (AvgIpc) is 3.02. The topological polar surface area (TPSA) is 57.4 Å². The van der Waals surface area contributed by atoms with Crippen LogP contribution >= 0.6 is 15.9 Å². The van der Waals surface area contributed by atoms with Gasteiger partial charge in [-0.25, -0.2) is 0 Å². The third-order valence-electron chi connectivity index (χ3n) is 5.45. The Labute approximate surface area is 163 Å². The molecule has 0 radical (unpaired) electrons. The Kier molecular flexibility index (Phi) is 6.73. The SMILES string of the molecule is CCC(CC)C(CNC(=O)c1[nH]c2ccccc2c1Br)N1CCOCC1. The summed E-state index contributed by atoms with van der Waals surface area (Å²) in [6, 6.07) is 8.28. The number of para-hydroxylation sites is 1. The zero-order valence-electron chi connectivity index (χ0n) is 15.6. The summed E-state index contributed by atoms with van der Waals surface area (Å²) in [6.45, 7) is 8.55. The molecule has 1 aliphatic rings. The zero-order valence-corrected chi connectivity index (χ0v) is 17.1. The average molecular weight is 422 g/mol. The van der Waals surface area contributed by atoms with Crippen LogP contribution in [0, 0.1) is 5.92 Å². The Hall–Kier alpha value is -1.37. The summed E-state index contributed by atoms with van der Waals surface area (Å²) in [6.07, 6.45) is 2.23. The van der Waals surface area contributed by atoms with Gasteiger partial charge in [-0.15, -0.1) is 0 Å². The van der Waals surface area contributed by atoms with Gasteiger partial charge in [0.1, 0.15) is 5.69 Å². The van der Waals surface area contributed by atoms with Crippen LogP contribution in [-0.2, 0) is 4.74 Å². The lowest BCUT2D eigenvalue weighted by Gasteiger charge is -2.38. The number of amides is 1. The van der Waals surface area contributed by atoms with Gasteiger partial charge in [0.25, 0.3) is 5.91 Å². The molecule has 1 unspecified atom stereocenters. The normalized spacial score (nSPS) is 16.9. The van der Waals surface area contributed by atoms with E-state index in [9.17, 15) is 4.79 Å². The van der Waals surface area contributed by atoms with Crippen LogP contribution in [0.2, 0.25) is 0 Å². The molecular weight excluding hydrogens is 394 g/mol. The van der Waals surface area contributed by atoms with Gasteiger partial charge < -0.3 is 15.0 Å². The maximum atomic E-state index is 12.8. The Balaban J connectivity index is 1.72. The van der Waals surface area contributed by atoms with Crippen LogP contribution < -0.4 is 5.32 Å². The number of aromatic amines is 1. The van der Waals surface area contributed by atoms with Crippen LogP contribution in [0.1, 0.15) is 37.2 Å². The van der Waals surface area contributed by atoms with Gasteiger partial charge in [-0.05, 0) is 27.9 Å². The second-order valence-electron chi connectivity index (χ2n) is 6.86. The van der Waals surface area contributed by atoms with Crippen molar-refractivity contribution in [2.75, 3.05) is 32.8 Å². The molecule has 0 saturated carbocycles. The molecular formula is C20H28BrN3O2. The number of carbonyl (C=O) groups is 1. The molecule has 2 N–H and O–H groups in total. The van der Waals surface area contributed by atoms with E-state index in [-0.39, 0.29) is 5.91 Å². The smallest absolute Gasteiger partial charge is 0.268 e. The molecule has 3 rings (SSSR count). The van der Waals surface area contributed by atoms with Crippen LogP contribution in [0.25, 0.3) is 10.9 Å². The van der Waals surface area contributed by atoms with Crippen LogP contribution in [-0.4, -0.2) is 54.7 Å². The maximum absolute atomic E-state index is 12.8. The standard InChI is InChI=1S/C20H28BrN3O2/c1-3-14(4-2)17(24-9-11-26-12-10-24)13-22-20(25)19-18(21)15-7-5-6-8-16(15)23-19/h5-8,14,17,23H,3-4,9-13H2,1-2H3,(H,22,25). The van der Waals surface area contributed by atoms with Gasteiger partial charge in [0, 0.05) is 36.6 Å². The van der Waals surface area contributed by atoms with E-state index in [2.05, 4.69) is 45.0 Å². The van der Waals surface area contributed by atoms with Crippen LogP contribution in [0.5, 0.6) is 0 Å². The quantitative estimate of drug-likeness (QED) is 0.714. The summed E-state index contributed by atoms with van der Waals surface area (Å²) in [4.78, 5) is 18.5. The summed E-state index contributed by atoms with van der Waals surface area (Å²) in [7, 11) is 0. The van der Waals surface area contributed by atoms with Gasteiger partial charge in [0.05, 0.1) is 17.7 Å². The van der Waals surface area contributed by atoms with Crippen molar-refractivity contribution in [1.82, 2.24) is 15.2 Å². The number of nitrogens with zero attached hydrogens (tertiary/aromatic N) is 1. The van der Waals surface area contributed by atoms with Crippen LogP contribution in [0.4, 0.5) is 0 Å². The molecule has 1 aromatic carbocycles. The van der Waals surface area contributed by atoms with Gasteiger partial charge in [-0.2, -0.15) is 0 Å². The molecule has 0 spiro atoms. The number of rotatable bonds is 7. The van der Waals surface area contributed by atoms with E-state index in [0.29, 0.717) is 24.2 Å². The van der Waals surface area contributed by atoms with Crippen molar-refractivity contribution in [3.05, 3.63) is 34.4 Å². The number of morpholine rings is 1. The fraction of sp³-hybridized carbons (Fsp3) is 0.550. The molecule has 5 nitrogen and oxygen atoms in total. The van der Waals surface area contributed by atoms with Crippen molar-refractivity contribution in [3.63, 3.8) is 0 Å². The van der Waals surface area contributed by atoms with E-state index in [1.54, 1.807) is 0 Å². The molecule has 26 heavy (non-hydrogen) atoms. The number of hydrogen-bond donors (Lipinski definition) is 2. The molecule has 1 aromatic heterocycles. The van der Waals surface area contributed by atoms with Crippen molar-refractivity contribution in [1.29, 1.82) is 0 Å². The van der Waals surface area contributed by atoms with Crippen LogP contribution in [0.3, 0.4) is 0 Å². The third kappa shape index (κ3) is 4.13. The first-order chi connectivity index (χ1) is 12.7. The molecule has 1 amide bonds. The predicted molar refractivity (Wildman–Crippen MR) is 109 cm³/mol. The summed E-state index contributed by atoms with van der Waals surface area (Å²) >= 11 is 3.57. The number of benzene rings is 1. The Bertz CT molecular complexity index is 736. The summed E-state index contributed by atoms with van der Waals surface area (Å²) < 4.78 is 6.33. The van der Waals surface area contributed by atoms with E-state index in [4.69, 9.17) is 4.74 Å². The fourth-order valence-corrected chi connectivity index (χ4v) is 4.51. The Morgan fingerprint density at radius 2 is 1.96 bits per heavy atom. The number of aromatic nitrogens is 1. The lowest BCUT2D eigenvalue weighted by atomic mass is 9.92. The first kappa shape index (κ1) is 19.4. The van der Waals surface area contributed by atoms with Gasteiger partial charge in [0.15, 0.2) is 0 Å². The maximum Gasteiger partial charge on any atom is 0.268 e. The third-order valence-corrected chi connectivity index (χ3v) is 6.27. The van der Waals surface area contributed by atoms with E-state index in [0.717, 1.165) is 54.5 Å². The summed E-state index contributed by atoms with van der Waals surface area (Å²) in [5, 5.41) is 4.19. The summed E-state index contributed by atoms with van der Waals surface area (Å²) in [5.41, 5.74) is 1.56. The van der Waals surface area contributed by atoms with Crippen LogP contribution in [0.15, 0.2) is 28.7 Å². The minimum atomic E-state index is -0.0581. The molecule has 0 bridgehead atoms. The van der Waals surface area contributed by atoms with Crippen molar-refractivity contribution < 1.29 is 9.53 Å². The van der Waals surface area contributed by atoms with Crippen molar-refractivity contribution >= 4 is 32.7 Å². The monoisotopic (exact) mass is 421 g/mol. The molecule has 1 saturated heterocycles. The van der Waals surface area contributed by atoms with Crippen molar-refractivity contribution in [2.45, 2.75) is 32.7 Å². The number of nitrogens with one attached hydrogen (secondary N) is 2. The zero-order chi connectivity index (χ0) is 18.5. The van der Waals surface area contributed by atoms with E-state index < -0.39 is 0 Å². The fourth-order valence-electron chi connectivity index (χ4n) is 3.89. The molecule has 1 fully saturated rings. The number of ether oxygens (including phenoxy) is 1. The number of H-pyrrole nitrogens is 1. The van der Waals surface area contributed by atoms with Gasteiger partial charge in [-0.1, -0.05) is 44.9 Å². The second kappa shape index (κ2) is 9.02. The van der Waals surface area contributed by atoms with Crippen molar-refractivity contribution in [3.8, 4) is 0 Å². The molecule has 1 atom stereocenters. The predicted octanol–water partition coefficient (Wildman–Crippen LogP) is 3.80. The first-order valence-corrected chi connectivity index (χ1v) is 10.3. The number of halogens is 1. The summed E-state index contributed by atoms with van der Waals surface area (Å²) in [5.74, 6) is 0.511. The number of carbonyl (C=O) groups excluding carboxylic acids is 1. The molecule has 142 valence electrons. The molecule has 0 aliphatic carbocycles. The number of hydrogen-bond acceptors (Lipinski definition) is 3. The highest BCUT2D eigenvalue weighted by Crippen LogP contribution is 2.27. The highest BCUT2D eigenvalue weighted by molar-refractivity contribution is 9.10. The van der Waals surface area contributed by atoms with Crippen molar-refractivity contribution in [2.24, 2.45) is 5.92 Å². The molecule has 1 aliphatic heterocycles. The van der Waals surface area contributed by atoms with Gasteiger partial charge in [0.2, 0.25) is 0 Å². The lowest BCUT2D eigenvalue weighted by Crippen LogP contribution is -2.52. The minimum Gasteiger partial charge on any atom is -0.379 e. The largest absolute Gasteiger partial charge is 0.379 e.